The number of morpholine rings is 1. The Labute approximate surface area is 425 Å². The van der Waals surface area contributed by atoms with Crippen LogP contribution in [0.3, 0.4) is 0 Å². The van der Waals surface area contributed by atoms with Gasteiger partial charge in [0.2, 0.25) is 11.8 Å². The molecule has 7 heterocycles. The Kier molecular flexibility index (Phi) is 16.0. The van der Waals surface area contributed by atoms with Crippen LogP contribution in [0.4, 0.5) is 5.69 Å². The molecule has 5 aliphatic rings. The van der Waals surface area contributed by atoms with Crippen LogP contribution in [0.5, 0.6) is 0 Å². The second kappa shape index (κ2) is 21.9. The molecule has 3 aromatic rings. The summed E-state index contributed by atoms with van der Waals surface area (Å²) in [5.41, 5.74) is 8.35. The molecule has 6 atom stereocenters. The van der Waals surface area contributed by atoms with E-state index in [2.05, 4.69) is 82.0 Å². The summed E-state index contributed by atoms with van der Waals surface area (Å²) in [6.07, 6.45) is 4.40. The van der Waals surface area contributed by atoms with Crippen molar-refractivity contribution in [2.75, 3.05) is 78.1 Å². The molecule has 17 nitrogen and oxygen atoms in total. The lowest BCUT2D eigenvalue weighted by molar-refractivity contribution is -0.156. The zero-order valence-electron chi connectivity index (χ0n) is 44.2. The summed E-state index contributed by atoms with van der Waals surface area (Å²) in [6.45, 7) is 21.3. The molecule has 17 heteroatoms. The highest BCUT2D eigenvalue weighted by atomic mass is 16.5. The molecule has 2 aromatic heterocycles. The highest BCUT2D eigenvalue weighted by Crippen LogP contribution is 2.42. The number of carbonyl (C=O) groups excluding carboxylic acids is 5. The number of esters is 1. The van der Waals surface area contributed by atoms with Gasteiger partial charge in [-0.2, -0.15) is 0 Å². The van der Waals surface area contributed by atoms with E-state index >= 15 is 0 Å². The SMILES string of the molecule is CCn1c(-c2cccnc2[C@H](C)OC)c2c3cc(ccc31)N1CCO[C@@H](C[C@H](NC(=O)C(C(C)C)N(C)C(=O)[C@H]3CCN(C(=O)C#CC(C)(C)N4CCC4)C3)C(=O)N3CCC[C@H](N3)C(=O)OCC(C)(C)C2)C1. The van der Waals surface area contributed by atoms with E-state index in [1.807, 2.05) is 40.7 Å². The second-order valence-corrected chi connectivity index (χ2v) is 22.1. The number of ether oxygens (including phenoxy) is 3. The number of likely N-dealkylation sites (tertiary alicyclic amines) is 2. The lowest BCUT2D eigenvalue weighted by atomic mass is 9.84. The summed E-state index contributed by atoms with van der Waals surface area (Å²) in [7, 11) is 3.32. The average Bonchev–Trinajstić information content (AvgIpc) is 3.96. The summed E-state index contributed by atoms with van der Waals surface area (Å²) >= 11 is 0. The standard InChI is InChI=1S/C55H77N9O8/c1-11-63-45-18-17-38-29-41(45)42(49(63)40-15-12-22-56-47(40)36(4)70-10)31-54(5,6)34-72-53(69)43-16-13-25-64(58-43)52(68)44(30-39-33-60(38)27-28-71-39)57-50(66)48(35(2)3)59(9)51(67)37-20-26-61(32-37)46(65)19-21-55(7,8)62-23-14-24-62/h12,15,17-18,22,29,35-37,39,43-44,48,58H,11,13-14,16,20,23-28,30-34H2,1-10H3,(H,57,66)/t36-,37-,39-,43-,44-,48?/m0/s1. The monoisotopic (exact) mass is 992 g/mol. The topological polar surface area (TPSA) is 171 Å². The molecule has 0 saturated carbocycles. The summed E-state index contributed by atoms with van der Waals surface area (Å²) in [6, 6.07) is 7.86. The number of cyclic esters (lactones) is 1. The van der Waals surface area contributed by atoms with Crippen molar-refractivity contribution in [2.45, 2.75) is 136 Å². The minimum absolute atomic E-state index is 0.136. The highest BCUT2D eigenvalue weighted by molar-refractivity contribution is 5.96. The number of nitrogens with one attached hydrogen (secondary N) is 2. The normalized spacial score (nSPS) is 23.9. The number of hydrazine groups is 1. The number of aryl methyl sites for hydroxylation is 1. The molecule has 1 aromatic carbocycles. The second-order valence-electron chi connectivity index (χ2n) is 22.1. The lowest BCUT2D eigenvalue weighted by Crippen LogP contribution is -2.62. The number of benzene rings is 1. The summed E-state index contributed by atoms with van der Waals surface area (Å²) in [4.78, 5) is 83.5. The number of hydrogen-bond acceptors (Lipinski definition) is 12. The first-order valence-electron chi connectivity index (χ1n) is 26.2. The van der Waals surface area contributed by atoms with Crippen LogP contribution in [0.1, 0.15) is 105 Å². The predicted molar refractivity (Wildman–Crippen MR) is 275 cm³/mol. The van der Waals surface area contributed by atoms with Crippen molar-refractivity contribution in [1.82, 2.24) is 40.0 Å². The van der Waals surface area contributed by atoms with Crippen LogP contribution >= 0.6 is 0 Å². The summed E-state index contributed by atoms with van der Waals surface area (Å²) in [5, 5.41) is 5.62. The molecule has 8 rings (SSSR count). The molecule has 0 aliphatic carbocycles. The average molecular weight is 992 g/mol. The van der Waals surface area contributed by atoms with Crippen molar-refractivity contribution in [3.8, 4) is 23.1 Å². The van der Waals surface area contributed by atoms with E-state index in [0.717, 1.165) is 58.6 Å². The number of nitrogens with zero attached hydrogens (tertiary/aromatic N) is 7. The van der Waals surface area contributed by atoms with Gasteiger partial charge < -0.3 is 38.8 Å². The minimum Gasteiger partial charge on any atom is -0.464 e. The van der Waals surface area contributed by atoms with Crippen molar-refractivity contribution in [3.05, 3.63) is 47.8 Å². The van der Waals surface area contributed by atoms with Gasteiger partial charge in [-0.05, 0) is 108 Å². The van der Waals surface area contributed by atoms with E-state index in [9.17, 15) is 24.0 Å². The number of anilines is 1. The van der Waals surface area contributed by atoms with Gasteiger partial charge in [0.15, 0.2) is 0 Å². The van der Waals surface area contributed by atoms with E-state index in [4.69, 9.17) is 19.2 Å². The molecular formula is C55H77N9O8. The summed E-state index contributed by atoms with van der Waals surface area (Å²) < 4.78 is 20.8. The maximum atomic E-state index is 14.8. The maximum absolute atomic E-state index is 14.8. The molecule has 4 fully saturated rings. The van der Waals surface area contributed by atoms with E-state index in [0.29, 0.717) is 65.0 Å². The van der Waals surface area contributed by atoms with Crippen molar-refractivity contribution in [1.29, 1.82) is 0 Å². The number of hydrogen-bond donors (Lipinski definition) is 2. The quantitative estimate of drug-likeness (QED) is 0.207. The van der Waals surface area contributed by atoms with Gasteiger partial charge in [-0.3, -0.25) is 38.9 Å². The third kappa shape index (κ3) is 11.2. The molecule has 0 radical (unpaired) electrons. The van der Waals surface area contributed by atoms with Crippen LogP contribution in [0, 0.1) is 29.1 Å². The largest absolute Gasteiger partial charge is 0.464 e. The summed E-state index contributed by atoms with van der Waals surface area (Å²) in [5.74, 6) is 3.27. The van der Waals surface area contributed by atoms with Crippen molar-refractivity contribution in [3.63, 3.8) is 0 Å². The fourth-order valence-corrected chi connectivity index (χ4v) is 11.3. The van der Waals surface area contributed by atoms with E-state index < -0.39 is 58.9 Å². The van der Waals surface area contributed by atoms with Crippen molar-refractivity contribution in [2.24, 2.45) is 17.3 Å². The van der Waals surface area contributed by atoms with Gasteiger partial charge >= 0.3 is 5.97 Å². The van der Waals surface area contributed by atoms with E-state index in [-0.39, 0.29) is 43.4 Å². The Balaban J connectivity index is 1.08. The Morgan fingerprint density at radius 3 is 2.53 bits per heavy atom. The molecule has 5 aliphatic heterocycles. The highest BCUT2D eigenvalue weighted by Gasteiger charge is 2.42. The smallest absolute Gasteiger partial charge is 0.324 e. The molecule has 390 valence electrons. The number of likely N-dealkylation sites (N-methyl/N-ethyl adjacent to an activating group) is 1. The van der Waals surface area contributed by atoms with Gasteiger partial charge in [0.05, 0.1) is 48.3 Å². The predicted octanol–water partition coefficient (Wildman–Crippen LogP) is 4.95. The zero-order valence-corrected chi connectivity index (χ0v) is 44.2. The van der Waals surface area contributed by atoms with Gasteiger partial charge in [-0.15, -0.1) is 0 Å². The molecule has 1 unspecified atom stereocenters. The Bertz CT molecular complexity index is 2580. The molecular weight excluding hydrogens is 915 g/mol. The maximum Gasteiger partial charge on any atom is 0.324 e. The third-order valence-corrected chi connectivity index (χ3v) is 15.5. The van der Waals surface area contributed by atoms with Crippen LogP contribution < -0.4 is 15.6 Å². The molecule has 2 N–H and O–H groups in total. The van der Waals surface area contributed by atoms with Crippen molar-refractivity contribution >= 4 is 46.2 Å². The van der Waals surface area contributed by atoms with Crippen molar-refractivity contribution < 1.29 is 38.2 Å². The Morgan fingerprint density at radius 2 is 1.82 bits per heavy atom. The van der Waals surface area contributed by atoms with Gasteiger partial charge in [-0.25, -0.2) is 5.43 Å². The van der Waals surface area contributed by atoms with Crippen LogP contribution in [0.2, 0.25) is 0 Å². The van der Waals surface area contributed by atoms with Crippen LogP contribution in [-0.2, 0) is 51.1 Å². The fraction of sp³-hybridized carbons (Fsp3) is 0.636. The van der Waals surface area contributed by atoms with Gasteiger partial charge in [0, 0.05) is 107 Å². The Hall–Kier alpha value is -5.54. The molecule has 0 spiro atoms. The van der Waals surface area contributed by atoms with Crippen LogP contribution in [0.15, 0.2) is 36.5 Å². The Morgan fingerprint density at radius 1 is 1.04 bits per heavy atom. The number of aromatic nitrogens is 2. The number of amides is 4. The first kappa shape index (κ1) is 52.8. The lowest BCUT2D eigenvalue weighted by Gasteiger charge is -2.41. The van der Waals surface area contributed by atoms with Gasteiger partial charge in [0.1, 0.15) is 18.1 Å². The van der Waals surface area contributed by atoms with E-state index in [1.54, 1.807) is 25.3 Å². The van der Waals surface area contributed by atoms with Gasteiger partial charge in [0.25, 0.3) is 11.8 Å². The number of methoxy groups -OCH3 is 1. The first-order valence-corrected chi connectivity index (χ1v) is 26.2. The van der Waals surface area contributed by atoms with Crippen LogP contribution in [0.25, 0.3) is 22.2 Å². The molecule has 72 heavy (non-hydrogen) atoms. The third-order valence-electron chi connectivity index (χ3n) is 15.5. The number of rotatable bonds is 10. The number of fused-ring (bicyclic) bond motifs is 6. The van der Waals surface area contributed by atoms with Crippen LogP contribution in [-0.4, -0.2) is 162 Å². The molecule has 4 amide bonds. The van der Waals surface area contributed by atoms with E-state index in [1.165, 1.54) is 9.91 Å². The molecule has 6 bridgehead atoms. The first-order chi connectivity index (χ1) is 34.3. The van der Waals surface area contributed by atoms with Gasteiger partial charge in [-0.1, -0.05) is 33.6 Å². The zero-order chi connectivity index (χ0) is 51.6. The number of pyridine rings is 1. The minimum atomic E-state index is -1.07. The number of carbonyl (C=O) groups is 5. The molecule has 4 saturated heterocycles. The fourth-order valence-electron chi connectivity index (χ4n) is 11.3.